The molecule has 20 heavy (non-hydrogen) atoms. The van der Waals surface area contributed by atoms with E-state index >= 15 is 0 Å². The second-order valence-corrected chi connectivity index (χ2v) is 6.10. The second kappa shape index (κ2) is 7.47. The van der Waals surface area contributed by atoms with Crippen molar-refractivity contribution in [2.75, 3.05) is 26.2 Å². The molecule has 0 aromatic heterocycles. The van der Waals surface area contributed by atoms with Crippen LogP contribution >= 0.6 is 0 Å². The molecule has 0 spiro atoms. The third-order valence-electron chi connectivity index (χ3n) is 3.02. The molecule has 0 radical (unpaired) electrons. The van der Waals surface area contributed by atoms with Crippen LogP contribution < -0.4 is 5.32 Å². The molecule has 6 nitrogen and oxygen atoms in total. The zero-order chi connectivity index (χ0) is 15.2. The van der Waals surface area contributed by atoms with Gasteiger partial charge in [0.2, 0.25) is 0 Å². The number of rotatable bonds is 4. The molecule has 0 saturated carbocycles. The minimum Gasteiger partial charge on any atom is -0.465 e. The summed E-state index contributed by atoms with van der Waals surface area (Å²) in [5, 5.41) is 2.90. The highest BCUT2D eigenvalue weighted by Gasteiger charge is 2.23. The Kier molecular flexibility index (Phi) is 6.26. The van der Waals surface area contributed by atoms with Crippen LogP contribution in [-0.2, 0) is 14.3 Å². The van der Waals surface area contributed by atoms with Gasteiger partial charge < -0.3 is 14.8 Å². The largest absolute Gasteiger partial charge is 0.465 e. The molecule has 1 aliphatic rings. The number of ether oxygens (including phenoxy) is 2. The molecule has 1 fully saturated rings. The molecule has 0 bridgehead atoms. The van der Waals surface area contributed by atoms with E-state index in [1.807, 2.05) is 20.8 Å². The van der Waals surface area contributed by atoms with Gasteiger partial charge in [0.1, 0.15) is 12.2 Å². The van der Waals surface area contributed by atoms with Crippen molar-refractivity contribution in [3.63, 3.8) is 0 Å². The molecule has 0 aromatic rings. The fourth-order valence-corrected chi connectivity index (χ4v) is 2.09. The van der Waals surface area contributed by atoms with Gasteiger partial charge in [-0.1, -0.05) is 0 Å². The number of carbonyl (C=O) groups is 2. The van der Waals surface area contributed by atoms with Crippen LogP contribution in [0.1, 0.15) is 40.5 Å². The van der Waals surface area contributed by atoms with Gasteiger partial charge in [-0.3, -0.25) is 9.69 Å². The number of hydrogen-bond acceptors (Lipinski definition) is 5. The van der Waals surface area contributed by atoms with Crippen LogP contribution in [0.2, 0.25) is 0 Å². The molecule has 1 amide bonds. The SMILES string of the molecule is CC(=O)OCCN1CCC(NC(=O)OC(C)(C)C)CC1. The van der Waals surface area contributed by atoms with Crippen molar-refractivity contribution in [1.29, 1.82) is 0 Å². The molecule has 1 heterocycles. The Labute approximate surface area is 120 Å². The summed E-state index contributed by atoms with van der Waals surface area (Å²) in [6.07, 6.45) is 1.43. The summed E-state index contributed by atoms with van der Waals surface area (Å²) in [6, 6.07) is 0.162. The van der Waals surface area contributed by atoms with Crippen LogP contribution in [0.15, 0.2) is 0 Å². The zero-order valence-electron chi connectivity index (χ0n) is 12.9. The first kappa shape index (κ1) is 16.8. The zero-order valence-corrected chi connectivity index (χ0v) is 12.9. The molecule has 6 heteroatoms. The summed E-state index contributed by atoms with van der Waals surface area (Å²) in [6.45, 7) is 9.93. The van der Waals surface area contributed by atoms with E-state index in [1.54, 1.807) is 0 Å². The maximum atomic E-state index is 11.7. The summed E-state index contributed by atoms with van der Waals surface area (Å²) in [5.41, 5.74) is -0.463. The van der Waals surface area contributed by atoms with E-state index in [0.29, 0.717) is 6.61 Å². The summed E-state index contributed by atoms with van der Waals surface area (Å²) >= 11 is 0. The van der Waals surface area contributed by atoms with Crippen LogP contribution in [-0.4, -0.2) is 54.8 Å². The second-order valence-electron chi connectivity index (χ2n) is 6.10. The minimum atomic E-state index is -0.463. The number of nitrogens with one attached hydrogen (secondary N) is 1. The quantitative estimate of drug-likeness (QED) is 0.794. The van der Waals surface area contributed by atoms with E-state index in [1.165, 1.54) is 6.92 Å². The number of carbonyl (C=O) groups excluding carboxylic acids is 2. The van der Waals surface area contributed by atoms with Crippen molar-refractivity contribution >= 4 is 12.1 Å². The highest BCUT2D eigenvalue weighted by Crippen LogP contribution is 2.12. The minimum absolute atomic E-state index is 0.162. The van der Waals surface area contributed by atoms with E-state index in [9.17, 15) is 9.59 Å². The molecule has 1 saturated heterocycles. The third-order valence-corrected chi connectivity index (χ3v) is 3.02. The molecule has 1 aliphatic heterocycles. The van der Waals surface area contributed by atoms with Crippen molar-refractivity contribution in [2.45, 2.75) is 52.2 Å². The van der Waals surface area contributed by atoms with Crippen molar-refractivity contribution in [3.8, 4) is 0 Å². The van der Waals surface area contributed by atoms with Crippen LogP contribution in [0.4, 0.5) is 4.79 Å². The van der Waals surface area contributed by atoms with Gasteiger partial charge in [0.05, 0.1) is 0 Å². The normalized spacial score (nSPS) is 17.6. The predicted molar refractivity (Wildman–Crippen MR) is 75.5 cm³/mol. The first-order valence-corrected chi connectivity index (χ1v) is 7.11. The molecule has 0 atom stereocenters. The van der Waals surface area contributed by atoms with Crippen LogP contribution in [0, 0.1) is 0 Å². The summed E-state index contributed by atoms with van der Waals surface area (Å²) in [5.74, 6) is -0.244. The number of alkyl carbamates (subject to hydrolysis) is 1. The van der Waals surface area contributed by atoms with Crippen LogP contribution in [0.25, 0.3) is 0 Å². The van der Waals surface area contributed by atoms with E-state index in [-0.39, 0.29) is 18.1 Å². The van der Waals surface area contributed by atoms with Gasteiger partial charge >= 0.3 is 12.1 Å². The topological polar surface area (TPSA) is 67.9 Å². The van der Waals surface area contributed by atoms with Gasteiger partial charge in [-0.25, -0.2) is 4.79 Å². The average Bonchev–Trinajstić information content (AvgIpc) is 2.28. The maximum absolute atomic E-state index is 11.7. The molecule has 116 valence electrons. The Bertz CT molecular complexity index is 331. The number of esters is 1. The fourth-order valence-electron chi connectivity index (χ4n) is 2.09. The maximum Gasteiger partial charge on any atom is 0.407 e. The van der Waals surface area contributed by atoms with Gasteiger partial charge in [-0.2, -0.15) is 0 Å². The van der Waals surface area contributed by atoms with Crippen LogP contribution in [0.3, 0.4) is 0 Å². The van der Waals surface area contributed by atoms with E-state index in [2.05, 4.69) is 10.2 Å². The average molecular weight is 286 g/mol. The lowest BCUT2D eigenvalue weighted by atomic mass is 10.1. The van der Waals surface area contributed by atoms with Crippen LogP contribution in [0.5, 0.6) is 0 Å². The lowest BCUT2D eigenvalue weighted by molar-refractivity contribution is -0.141. The highest BCUT2D eigenvalue weighted by atomic mass is 16.6. The Morgan fingerprint density at radius 3 is 2.35 bits per heavy atom. The Morgan fingerprint density at radius 2 is 1.85 bits per heavy atom. The lowest BCUT2D eigenvalue weighted by Crippen LogP contribution is -2.46. The molecular weight excluding hydrogens is 260 g/mol. The molecule has 0 unspecified atom stereocenters. The van der Waals surface area contributed by atoms with Gasteiger partial charge in [0.25, 0.3) is 0 Å². The van der Waals surface area contributed by atoms with Crippen molar-refractivity contribution in [2.24, 2.45) is 0 Å². The van der Waals surface area contributed by atoms with Gasteiger partial charge in [0.15, 0.2) is 0 Å². The molecule has 0 aromatic carbocycles. The fraction of sp³-hybridized carbons (Fsp3) is 0.857. The van der Waals surface area contributed by atoms with Gasteiger partial charge in [-0.15, -0.1) is 0 Å². The number of amides is 1. The molecule has 0 aliphatic carbocycles. The molecule has 1 N–H and O–H groups in total. The lowest BCUT2D eigenvalue weighted by Gasteiger charge is -2.32. The standard InChI is InChI=1S/C14H26N2O4/c1-11(17)19-10-9-16-7-5-12(6-8-16)15-13(18)20-14(2,3)4/h12H,5-10H2,1-4H3,(H,15,18). The number of nitrogens with zero attached hydrogens (tertiary/aromatic N) is 1. The molecular formula is C14H26N2O4. The van der Waals surface area contributed by atoms with Crippen molar-refractivity contribution in [1.82, 2.24) is 10.2 Å². The predicted octanol–water partition coefficient (Wildman–Crippen LogP) is 1.54. The van der Waals surface area contributed by atoms with E-state index in [4.69, 9.17) is 9.47 Å². The van der Waals surface area contributed by atoms with Crippen molar-refractivity contribution in [3.05, 3.63) is 0 Å². The van der Waals surface area contributed by atoms with Crippen molar-refractivity contribution < 1.29 is 19.1 Å². The van der Waals surface area contributed by atoms with E-state index in [0.717, 1.165) is 32.5 Å². The number of likely N-dealkylation sites (tertiary alicyclic amines) is 1. The first-order chi connectivity index (χ1) is 9.26. The third kappa shape index (κ3) is 7.33. The first-order valence-electron chi connectivity index (χ1n) is 7.11. The highest BCUT2D eigenvalue weighted by molar-refractivity contribution is 5.68. The summed E-state index contributed by atoms with van der Waals surface area (Å²) in [4.78, 5) is 24.6. The smallest absolute Gasteiger partial charge is 0.407 e. The Morgan fingerprint density at radius 1 is 1.25 bits per heavy atom. The Balaban J connectivity index is 2.18. The van der Waals surface area contributed by atoms with E-state index < -0.39 is 5.60 Å². The number of hydrogen-bond donors (Lipinski definition) is 1. The summed E-state index contributed by atoms with van der Waals surface area (Å²) in [7, 11) is 0. The Hall–Kier alpha value is -1.30. The van der Waals surface area contributed by atoms with Gasteiger partial charge in [-0.05, 0) is 33.6 Å². The number of piperidine rings is 1. The monoisotopic (exact) mass is 286 g/mol. The summed E-state index contributed by atoms with van der Waals surface area (Å²) < 4.78 is 10.2. The van der Waals surface area contributed by atoms with Gasteiger partial charge in [0, 0.05) is 32.6 Å². The molecule has 1 rings (SSSR count).